The van der Waals surface area contributed by atoms with E-state index in [2.05, 4.69) is 30.4 Å². The lowest BCUT2D eigenvalue weighted by atomic mass is 9.86. The molecule has 0 bridgehead atoms. The minimum absolute atomic E-state index is 0.0219. The number of guanidine groups is 1. The van der Waals surface area contributed by atoms with Crippen LogP contribution >= 0.6 is 0 Å². The first kappa shape index (κ1) is 18.7. The Morgan fingerprint density at radius 3 is 2.79 bits per heavy atom. The van der Waals surface area contributed by atoms with Crippen LogP contribution in [0.25, 0.3) is 0 Å². The van der Waals surface area contributed by atoms with Gasteiger partial charge in [0.25, 0.3) is 0 Å². The Morgan fingerprint density at radius 1 is 1.42 bits per heavy atom. The Kier molecular flexibility index (Phi) is 6.98. The van der Waals surface area contributed by atoms with Crippen molar-refractivity contribution in [3.63, 3.8) is 0 Å². The molecular formula is C14H27N7O2S. The summed E-state index contributed by atoms with van der Waals surface area (Å²) < 4.78 is 28.3. The van der Waals surface area contributed by atoms with Crippen molar-refractivity contribution in [2.24, 2.45) is 18.0 Å². The van der Waals surface area contributed by atoms with Crippen LogP contribution in [0.5, 0.6) is 0 Å². The molecule has 1 saturated carbocycles. The molecule has 1 heterocycles. The fourth-order valence-electron chi connectivity index (χ4n) is 2.27. The third-order valence-corrected chi connectivity index (χ3v) is 5.36. The zero-order valence-electron chi connectivity index (χ0n) is 14.3. The summed E-state index contributed by atoms with van der Waals surface area (Å²) in [4.78, 5) is 8.49. The molecule has 0 aromatic carbocycles. The maximum atomic E-state index is 12.0. The van der Waals surface area contributed by atoms with Crippen molar-refractivity contribution in [1.82, 2.24) is 30.1 Å². The van der Waals surface area contributed by atoms with E-state index in [4.69, 9.17) is 0 Å². The van der Waals surface area contributed by atoms with Gasteiger partial charge in [-0.2, -0.15) is 5.10 Å². The van der Waals surface area contributed by atoms with E-state index in [9.17, 15) is 8.42 Å². The Morgan fingerprint density at radius 2 is 2.21 bits per heavy atom. The molecule has 1 aliphatic carbocycles. The van der Waals surface area contributed by atoms with Crippen LogP contribution in [0.2, 0.25) is 0 Å². The molecule has 0 unspecified atom stereocenters. The van der Waals surface area contributed by atoms with Gasteiger partial charge in [-0.3, -0.25) is 4.68 Å². The van der Waals surface area contributed by atoms with Gasteiger partial charge < -0.3 is 10.6 Å². The third kappa shape index (κ3) is 6.08. The summed E-state index contributed by atoms with van der Waals surface area (Å²) in [5, 5.41) is 10.1. The zero-order chi connectivity index (χ0) is 17.4. The molecule has 2 rings (SSSR count). The van der Waals surface area contributed by atoms with Gasteiger partial charge in [0.05, 0.1) is 5.75 Å². The first-order valence-electron chi connectivity index (χ1n) is 8.32. The Hall–Kier alpha value is -1.68. The lowest BCUT2D eigenvalue weighted by molar-refractivity contribution is 0.316. The summed E-state index contributed by atoms with van der Waals surface area (Å²) in [5.74, 6) is 1.84. The molecule has 1 aromatic rings. The van der Waals surface area contributed by atoms with Crippen LogP contribution in [-0.2, 0) is 23.6 Å². The summed E-state index contributed by atoms with van der Waals surface area (Å²) in [5.41, 5.74) is 0. The van der Waals surface area contributed by atoms with Crippen LogP contribution in [0.1, 0.15) is 32.0 Å². The maximum Gasteiger partial charge on any atom is 0.213 e. The number of nitrogens with zero attached hydrogens (tertiary/aromatic N) is 4. The number of aliphatic imine (C=N–C) groups is 1. The highest BCUT2D eigenvalue weighted by Crippen LogP contribution is 2.25. The predicted molar refractivity (Wildman–Crippen MR) is 93.0 cm³/mol. The zero-order valence-corrected chi connectivity index (χ0v) is 15.1. The van der Waals surface area contributed by atoms with Gasteiger partial charge in [-0.25, -0.2) is 23.1 Å². The first-order valence-corrected chi connectivity index (χ1v) is 9.98. The molecule has 0 atom stereocenters. The predicted octanol–water partition coefficient (Wildman–Crippen LogP) is -0.410. The average molecular weight is 357 g/mol. The molecule has 0 aliphatic heterocycles. The highest BCUT2D eigenvalue weighted by Gasteiger charge is 2.20. The van der Waals surface area contributed by atoms with Crippen molar-refractivity contribution in [3.8, 4) is 0 Å². The van der Waals surface area contributed by atoms with E-state index >= 15 is 0 Å². The molecule has 0 spiro atoms. The third-order valence-electron chi connectivity index (χ3n) is 4.01. The van der Waals surface area contributed by atoms with E-state index < -0.39 is 10.0 Å². The summed E-state index contributed by atoms with van der Waals surface area (Å²) in [6, 6.07) is 0. The molecule has 9 nitrogen and oxygen atoms in total. The van der Waals surface area contributed by atoms with E-state index in [-0.39, 0.29) is 5.75 Å². The molecule has 0 saturated heterocycles. The Balaban J connectivity index is 1.76. The lowest BCUT2D eigenvalue weighted by Crippen LogP contribution is -2.42. The first-order chi connectivity index (χ1) is 11.5. The van der Waals surface area contributed by atoms with Gasteiger partial charge in [0.1, 0.15) is 18.7 Å². The Bertz CT molecular complexity index is 637. The number of hydrogen-bond acceptors (Lipinski definition) is 5. The molecule has 1 fully saturated rings. The van der Waals surface area contributed by atoms with E-state index in [0.29, 0.717) is 38.1 Å². The summed E-state index contributed by atoms with van der Waals surface area (Å²) in [6.07, 6.45) is 4.94. The van der Waals surface area contributed by atoms with Gasteiger partial charge in [-0.15, -0.1) is 0 Å². The van der Waals surface area contributed by atoms with Gasteiger partial charge in [-0.05, 0) is 25.7 Å². The molecule has 3 N–H and O–H groups in total. The number of hydrogen-bond donors (Lipinski definition) is 3. The molecule has 136 valence electrons. The molecule has 10 heteroatoms. The highest BCUT2D eigenvalue weighted by atomic mass is 32.2. The van der Waals surface area contributed by atoms with Gasteiger partial charge in [0.2, 0.25) is 10.0 Å². The number of aromatic nitrogens is 3. The molecule has 1 aromatic heterocycles. The quantitative estimate of drug-likeness (QED) is 0.409. The van der Waals surface area contributed by atoms with Crippen LogP contribution in [0.15, 0.2) is 11.3 Å². The van der Waals surface area contributed by atoms with E-state index in [1.807, 2.05) is 6.92 Å². The van der Waals surface area contributed by atoms with Crippen molar-refractivity contribution >= 4 is 16.0 Å². The van der Waals surface area contributed by atoms with Crippen molar-refractivity contribution in [2.45, 2.75) is 32.7 Å². The fourth-order valence-corrected chi connectivity index (χ4v) is 3.28. The molecule has 24 heavy (non-hydrogen) atoms. The number of nitrogens with one attached hydrogen (secondary N) is 3. The van der Waals surface area contributed by atoms with Gasteiger partial charge >= 0.3 is 0 Å². The number of rotatable bonds is 9. The van der Waals surface area contributed by atoms with Crippen LogP contribution in [0.3, 0.4) is 0 Å². The van der Waals surface area contributed by atoms with Gasteiger partial charge in [-0.1, -0.05) is 6.42 Å². The minimum Gasteiger partial charge on any atom is -0.357 e. The van der Waals surface area contributed by atoms with Crippen molar-refractivity contribution in [3.05, 3.63) is 12.2 Å². The minimum atomic E-state index is -3.25. The van der Waals surface area contributed by atoms with Crippen LogP contribution < -0.4 is 15.4 Å². The van der Waals surface area contributed by atoms with Crippen LogP contribution in [-0.4, -0.2) is 54.5 Å². The van der Waals surface area contributed by atoms with Crippen molar-refractivity contribution < 1.29 is 8.42 Å². The summed E-state index contributed by atoms with van der Waals surface area (Å²) in [7, 11) is -1.45. The summed E-state index contributed by atoms with van der Waals surface area (Å²) >= 11 is 0. The normalized spacial score (nSPS) is 16.0. The van der Waals surface area contributed by atoms with Crippen LogP contribution in [0.4, 0.5) is 0 Å². The lowest BCUT2D eigenvalue weighted by Gasteiger charge is -2.25. The number of sulfonamides is 1. The second kappa shape index (κ2) is 8.97. The number of aryl methyl sites for hydroxylation is 1. The second-order valence-electron chi connectivity index (χ2n) is 5.89. The Labute approximate surface area is 143 Å². The smallest absolute Gasteiger partial charge is 0.213 e. The van der Waals surface area contributed by atoms with E-state index in [1.54, 1.807) is 11.7 Å². The molecular weight excluding hydrogens is 330 g/mol. The van der Waals surface area contributed by atoms with Crippen LogP contribution in [0, 0.1) is 5.92 Å². The fraction of sp³-hybridized carbons (Fsp3) is 0.786. The SMILES string of the molecule is CCNC(=NCc1ncnn1C)NCCS(=O)(=O)NCC1CCC1. The van der Waals surface area contributed by atoms with Gasteiger partial charge in [0.15, 0.2) is 5.96 Å². The standard InChI is InChI=1S/C14H27N7O2S/c1-3-15-14(17-10-13-18-11-19-21(13)2)16-7-8-24(22,23)20-9-12-5-4-6-12/h11-12,20H,3-10H2,1-2H3,(H2,15,16,17). The second-order valence-corrected chi connectivity index (χ2v) is 7.81. The average Bonchev–Trinajstić information content (AvgIpc) is 2.88. The monoisotopic (exact) mass is 357 g/mol. The van der Waals surface area contributed by atoms with Crippen molar-refractivity contribution in [2.75, 3.05) is 25.4 Å². The van der Waals surface area contributed by atoms with E-state index in [0.717, 1.165) is 18.7 Å². The maximum absolute atomic E-state index is 12.0. The van der Waals surface area contributed by atoms with E-state index in [1.165, 1.54) is 12.7 Å². The molecule has 0 radical (unpaired) electrons. The van der Waals surface area contributed by atoms with Crippen molar-refractivity contribution in [1.29, 1.82) is 0 Å². The summed E-state index contributed by atoms with van der Waals surface area (Å²) in [6.45, 7) is 3.87. The molecule has 0 amide bonds. The molecule has 1 aliphatic rings. The highest BCUT2D eigenvalue weighted by molar-refractivity contribution is 7.89. The topological polar surface area (TPSA) is 113 Å². The largest absolute Gasteiger partial charge is 0.357 e. The van der Waals surface area contributed by atoms with Gasteiger partial charge in [0, 0.05) is 26.7 Å².